The number of aromatic nitrogens is 2. The summed E-state index contributed by atoms with van der Waals surface area (Å²) in [7, 11) is 0. The minimum atomic E-state index is -0.574. The fourth-order valence-electron chi connectivity index (χ4n) is 4.05. The Hall–Kier alpha value is -3.32. The van der Waals surface area contributed by atoms with E-state index in [1.54, 1.807) is 0 Å². The Morgan fingerprint density at radius 1 is 1.14 bits per heavy atom. The normalized spacial score (nSPS) is 17.3. The van der Waals surface area contributed by atoms with Crippen LogP contribution >= 0.6 is 0 Å². The number of amides is 1. The van der Waals surface area contributed by atoms with E-state index in [-0.39, 0.29) is 5.69 Å². The Morgan fingerprint density at radius 3 is 2.76 bits per heavy atom. The molecule has 1 fully saturated rings. The molecule has 3 heterocycles. The maximum absolute atomic E-state index is 12.0. The molecule has 2 aromatic heterocycles. The van der Waals surface area contributed by atoms with Crippen molar-refractivity contribution in [3.8, 4) is 11.5 Å². The zero-order valence-corrected chi connectivity index (χ0v) is 16.1. The lowest BCUT2D eigenvalue weighted by Crippen LogP contribution is -2.43. The average Bonchev–Trinajstić information content (AvgIpc) is 3.41. The third kappa shape index (κ3) is 3.34. The molecule has 1 amide bonds. The van der Waals surface area contributed by atoms with Gasteiger partial charge < -0.3 is 25.4 Å². The minimum absolute atomic E-state index is 0.194. The lowest BCUT2D eigenvalue weighted by atomic mass is 9.98. The minimum Gasteiger partial charge on any atom is -0.436 e. The van der Waals surface area contributed by atoms with Gasteiger partial charge in [0.2, 0.25) is 5.89 Å². The van der Waals surface area contributed by atoms with Crippen molar-refractivity contribution < 1.29 is 9.21 Å². The molecule has 0 saturated carbocycles. The SMILES string of the molecule is NC(=O)c1nc(-c2ccc3[nH]ccc3c2)oc1C1=CC=C(N2CCNCC2)CC1. The number of aromatic amines is 1. The molecule has 1 aliphatic heterocycles. The van der Waals surface area contributed by atoms with Gasteiger partial charge in [-0.05, 0) is 48.8 Å². The second kappa shape index (κ2) is 7.25. The summed E-state index contributed by atoms with van der Waals surface area (Å²) in [5.41, 5.74) is 9.94. The van der Waals surface area contributed by atoms with Crippen molar-refractivity contribution in [3.05, 3.63) is 59.8 Å². The van der Waals surface area contributed by atoms with Gasteiger partial charge in [0, 0.05) is 54.5 Å². The number of hydrogen-bond donors (Lipinski definition) is 3. The number of carbonyl (C=O) groups is 1. The average molecular weight is 389 g/mol. The number of benzene rings is 1. The van der Waals surface area contributed by atoms with Gasteiger partial charge in [0.1, 0.15) is 0 Å². The van der Waals surface area contributed by atoms with Gasteiger partial charge in [-0.1, -0.05) is 6.08 Å². The zero-order valence-electron chi connectivity index (χ0n) is 16.1. The summed E-state index contributed by atoms with van der Waals surface area (Å²) < 4.78 is 6.06. The lowest BCUT2D eigenvalue weighted by Gasteiger charge is -2.32. The van der Waals surface area contributed by atoms with Gasteiger partial charge in [0.15, 0.2) is 11.5 Å². The number of fused-ring (bicyclic) bond motifs is 1. The molecule has 7 nitrogen and oxygen atoms in total. The number of hydrogen-bond acceptors (Lipinski definition) is 5. The van der Waals surface area contributed by atoms with Gasteiger partial charge >= 0.3 is 0 Å². The van der Waals surface area contributed by atoms with E-state index in [1.807, 2.05) is 36.5 Å². The predicted molar refractivity (Wildman–Crippen MR) is 112 cm³/mol. The van der Waals surface area contributed by atoms with E-state index in [4.69, 9.17) is 10.2 Å². The molecular weight excluding hydrogens is 366 g/mol. The van der Waals surface area contributed by atoms with Crippen LogP contribution in [0.1, 0.15) is 29.1 Å². The van der Waals surface area contributed by atoms with Gasteiger partial charge in [-0.25, -0.2) is 4.98 Å². The van der Waals surface area contributed by atoms with E-state index in [2.05, 4.69) is 26.3 Å². The van der Waals surface area contributed by atoms with Crippen molar-refractivity contribution >= 4 is 22.4 Å². The van der Waals surface area contributed by atoms with Crippen molar-refractivity contribution in [2.24, 2.45) is 5.73 Å². The largest absolute Gasteiger partial charge is 0.436 e. The highest BCUT2D eigenvalue weighted by atomic mass is 16.4. The quantitative estimate of drug-likeness (QED) is 0.637. The maximum Gasteiger partial charge on any atom is 0.271 e. The number of nitrogens with zero attached hydrogens (tertiary/aromatic N) is 2. The highest BCUT2D eigenvalue weighted by Crippen LogP contribution is 2.34. The highest BCUT2D eigenvalue weighted by molar-refractivity contribution is 5.96. The molecule has 1 saturated heterocycles. The van der Waals surface area contributed by atoms with E-state index < -0.39 is 5.91 Å². The highest BCUT2D eigenvalue weighted by Gasteiger charge is 2.24. The van der Waals surface area contributed by atoms with Crippen LogP contribution in [0.4, 0.5) is 0 Å². The van der Waals surface area contributed by atoms with Gasteiger partial charge in [0.25, 0.3) is 5.91 Å². The molecule has 4 N–H and O–H groups in total. The van der Waals surface area contributed by atoms with Crippen molar-refractivity contribution in [2.45, 2.75) is 12.8 Å². The van der Waals surface area contributed by atoms with E-state index in [0.29, 0.717) is 11.7 Å². The first-order valence-corrected chi connectivity index (χ1v) is 9.93. The molecule has 1 aromatic carbocycles. The molecule has 148 valence electrons. The number of nitrogens with one attached hydrogen (secondary N) is 2. The number of nitrogens with two attached hydrogens (primary N) is 1. The van der Waals surface area contributed by atoms with Crippen LogP contribution in [0, 0.1) is 0 Å². The Bertz CT molecular complexity index is 1130. The van der Waals surface area contributed by atoms with Crippen LogP contribution in [-0.4, -0.2) is 47.0 Å². The second-order valence-corrected chi connectivity index (χ2v) is 7.43. The van der Waals surface area contributed by atoms with Crippen LogP contribution in [0.15, 0.2) is 52.7 Å². The van der Waals surface area contributed by atoms with E-state index in [1.165, 1.54) is 5.70 Å². The van der Waals surface area contributed by atoms with Gasteiger partial charge in [0.05, 0.1) is 0 Å². The fraction of sp³-hybridized carbons (Fsp3) is 0.273. The summed E-state index contributed by atoms with van der Waals surface area (Å²) in [6, 6.07) is 7.88. The third-order valence-electron chi connectivity index (χ3n) is 5.60. The first-order chi connectivity index (χ1) is 14.2. The molecule has 7 heteroatoms. The standard InChI is InChI=1S/C22H23N5O2/c23-21(28)19-20(14-1-4-17(5-2-14)27-11-9-24-10-12-27)29-22(26-19)16-3-6-18-15(13-16)7-8-25-18/h1,3-4,6-8,13,24-25H,2,5,9-12H2,(H2,23,28). The van der Waals surface area contributed by atoms with Gasteiger partial charge in [-0.2, -0.15) is 0 Å². The van der Waals surface area contributed by atoms with Crippen molar-refractivity contribution in [3.63, 3.8) is 0 Å². The Labute approximate surface area is 168 Å². The first-order valence-electron chi connectivity index (χ1n) is 9.93. The molecule has 2 aliphatic rings. The van der Waals surface area contributed by atoms with Crippen molar-refractivity contribution in [1.29, 1.82) is 0 Å². The van der Waals surface area contributed by atoms with Crippen LogP contribution in [0.2, 0.25) is 0 Å². The monoisotopic (exact) mass is 389 g/mol. The Kier molecular flexibility index (Phi) is 4.44. The van der Waals surface area contributed by atoms with Crippen LogP contribution < -0.4 is 11.1 Å². The summed E-state index contributed by atoms with van der Waals surface area (Å²) in [4.78, 5) is 22.0. The summed E-state index contributed by atoms with van der Waals surface area (Å²) >= 11 is 0. The summed E-state index contributed by atoms with van der Waals surface area (Å²) in [5, 5.41) is 4.43. The topological polar surface area (TPSA) is 100 Å². The molecular formula is C22H23N5O2. The summed E-state index contributed by atoms with van der Waals surface area (Å²) in [6.45, 7) is 4.07. The number of primary amides is 1. The van der Waals surface area contributed by atoms with E-state index >= 15 is 0 Å². The maximum atomic E-state index is 12.0. The third-order valence-corrected chi connectivity index (χ3v) is 5.60. The van der Waals surface area contributed by atoms with Gasteiger partial charge in [-0.3, -0.25) is 4.79 Å². The van der Waals surface area contributed by atoms with E-state index in [9.17, 15) is 4.79 Å². The number of carbonyl (C=O) groups excluding carboxylic acids is 1. The van der Waals surface area contributed by atoms with Crippen LogP contribution in [0.5, 0.6) is 0 Å². The molecule has 0 radical (unpaired) electrons. The number of allylic oxidation sites excluding steroid dienone is 4. The summed E-state index contributed by atoms with van der Waals surface area (Å²) in [5.74, 6) is 0.322. The molecule has 1 aliphatic carbocycles. The lowest BCUT2D eigenvalue weighted by molar-refractivity contribution is 0.0995. The molecule has 0 unspecified atom stereocenters. The van der Waals surface area contributed by atoms with Crippen molar-refractivity contribution in [1.82, 2.24) is 20.2 Å². The number of oxazole rings is 1. The molecule has 3 aromatic rings. The molecule has 0 atom stereocenters. The van der Waals surface area contributed by atoms with Crippen LogP contribution in [0.25, 0.3) is 27.9 Å². The molecule has 5 rings (SSSR count). The van der Waals surface area contributed by atoms with E-state index in [0.717, 1.165) is 61.1 Å². The zero-order chi connectivity index (χ0) is 19.8. The first kappa shape index (κ1) is 17.8. The summed E-state index contributed by atoms with van der Waals surface area (Å²) in [6.07, 6.45) is 7.76. The Balaban J connectivity index is 1.49. The van der Waals surface area contributed by atoms with Crippen LogP contribution in [-0.2, 0) is 0 Å². The Morgan fingerprint density at radius 2 is 2.00 bits per heavy atom. The number of H-pyrrole nitrogens is 1. The smallest absolute Gasteiger partial charge is 0.271 e. The molecule has 0 bridgehead atoms. The molecule has 0 spiro atoms. The molecule has 29 heavy (non-hydrogen) atoms. The van der Waals surface area contributed by atoms with Crippen LogP contribution in [0.3, 0.4) is 0 Å². The van der Waals surface area contributed by atoms with Gasteiger partial charge in [-0.15, -0.1) is 0 Å². The second-order valence-electron chi connectivity index (χ2n) is 7.43. The number of rotatable bonds is 4. The fourth-order valence-corrected chi connectivity index (χ4v) is 4.05. The number of piperazine rings is 1. The predicted octanol–water partition coefficient (Wildman–Crippen LogP) is 2.89. The van der Waals surface area contributed by atoms with Crippen molar-refractivity contribution in [2.75, 3.05) is 26.2 Å².